The van der Waals surface area contributed by atoms with Gasteiger partial charge in [-0.2, -0.15) is 0 Å². The lowest BCUT2D eigenvalue weighted by Gasteiger charge is -2.42. The minimum Gasteiger partial charge on any atom is -0.361 e. The van der Waals surface area contributed by atoms with Crippen LogP contribution < -0.4 is 9.80 Å². The number of ether oxygens (including phenoxy) is 2. The van der Waals surface area contributed by atoms with Gasteiger partial charge >= 0.3 is 0 Å². The Kier molecular flexibility index (Phi) is 10.8. The molecule has 1 unspecified atom stereocenters. The van der Waals surface area contributed by atoms with Crippen molar-refractivity contribution in [2.24, 2.45) is 5.92 Å². The van der Waals surface area contributed by atoms with Crippen LogP contribution in [0.3, 0.4) is 0 Å². The molecule has 57 heavy (non-hydrogen) atoms. The summed E-state index contributed by atoms with van der Waals surface area (Å²) in [4.78, 5) is 35.4. The van der Waals surface area contributed by atoms with Crippen LogP contribution in [0.5, 0.6) is 0 Å². The molecule has 4 aliphatic heterocycles. The minimum atomic E-state index is -4.48. The largest absolute Gasteiger partial charge is 0.361 e. The summed E-state index contributed by atoms with van der Waals surface area (Å²) in [5.74, 6) is -3.76. The van der Waals surface area contributed by atoms with E-state index in [9.17, 15) is 13.2 Å². The van der Waals surface area contributed by atoms with Crippen molar-refractivity contribution in [3.05, 3.63) is 128 Å². The second-order valence-electron chi connectivity index (χ2n) is 14.5. The quantitative estimate of drug-likeness (QED) is 0.145. The molecule has 0 aliphatic carbocycles. The lowest BCUT2D eigenvalue weighted by atomic mass is 9.80. The monoisotopic (exact) mass is 937 g/mol. The van der Waals surface area contributed by atoms with Crippen LogP contribution in [0, 0.1) is 5.92 Å². The molecule has 1 spiro atoms. The molecule has 1 saturated heterocycles. The van der Waals surface area contributed by atoms with Crippen LogP contribution in [-0.4, -0.2) is 77.8 Å². The van der Waals surface area contributed by atoms with Crippen LogP contribution in [0.4, 0.5) is 11.4 Å². The van der Waals surface area contributed by atoms with E-state index in [2.05, 4.69) is 31.9 Å². The number of halogens is 2. The molecular weight excluding hydrogens is 898 g/mol. The highest BCUT2D eigenvalue weighted by Crippen LogP contribution is 2.62. The number of carbonyl (C=O) groups excluding carboxylic acids is 2. The Hall–Kier alpha value is -3.86. The molecule has 4 aromatic carbocycles. The van der Waals surface area contributed by atoms with E-state index in [0.717, 1.165) is 4.47 Å². The number of fused-ring (bicyclic) bond motifs is 5. The molecular formula is C42H41Br2N3O8S2. The van der Waals surface area contributed by atoms with Crippen molar-refractivity contribution in [3.8, 4) is 0 Å². The lowest BCUT2D eigenvalue weighted by molar-refractivity contribution is -0.131. The molecule has 4 aromatic rings. The maximum Gasteiger partial charge on any atom is 0.259 e. The molecule has 0 radical (unpaired) electrons. The van der Waals surface area contributed by atoms with Crippen molar-refractivity contribution in [1.29, 1.82) is 0 Å². The maximum atomic E-state index is 15.7. The number of amides is 2. The van der Waals surface area contributed by atoms with Gasteiger partial charge in [0.15, 0.2) is 25.2 Å². The summed E-state index contributed by atoms with van der Waals surface area (Å²) in [6.45, 7) is 4.42. The van der Waals surface area contributed by atoms with Gasteiger partial charge in [0.05, 0.1) is 32.8 Å². The van der Waals surface area contributed by atoms with Gasteiger partial charge in [0.2, 0.25) is 5.91 Å². The van der Waals surface area contributed by atoms with Gasteiger partial charge in [-0.3, -0.25) is 19.4 Å². The van der Waals surface area contributed by atoms with Crippen LogP contribution in [0.15, 0.2) is 127 Å². The van der Waals surface area contributed by atoms with E-state index in [0.29, 0.717) is 64.3 Å². The molecule has 0 saturated carbocycles. The number of hydrogen-bond donors (Lipinski definition) is 0. The van der Waals surface area contributed by atoms with Gasteiger partial charge in [-0.1, -0.05) is 68.3 Å². The fraction of sp³-hybridized carbons (Fsp3) is 0.333. The van der Waals surface area contributed by atoms with Gasteiger partial charge in [-0.05, 0) is 98.5 Å². The average molecular weight is 940 g/mol. The molecule has 4 heterocycles. The first-order valence-electron chi connectivity index (χ1n) is 18.8. The number of nitrogens with zero attached hydrogens (tertiary/aromatic N) is 3. The summed E-state index contributed by atoms with van der Waals surface area (Å²) in [7, 11) is -8.72. The Morgan fingerprint density at radius 1 is 0.754 bits per heavy atom. The van der Waals surface area contributed by atoms with Crippen LogP contribution in [0.1, 0.15) is 43.7 Å². The van der Waals surface area contributed by atoms with E-state index in [4.69, 9.17) is 9.47 Å². The van der Waals surface area contributed by atoms with Crippen molar-refractivity contribution in [2.45, 2.75) is 53.2 Å². The number of benzene rings is 4. The van der Waals surface area contributed by atoms with Gasteiger partial charge in [-0.15, -0.1) is 0 Å². The van der Waals surface area contributed by atoms with E-state index >= 15 is 13.2 Å². The van der Waals surface area contributed by atoms with E-state index in [1.807, 2.05) is 36.9 Å². The first-order chi connectivity index (χ1) is 27.4. The fourth-order valence-electron chi connectivity index (χ4n) is 9.21. The van der Waals surface area contributed by atoms with Crippen molar-refractivity contribution in [3.63, 3.8) is 0 Å². The van der Waals surface area contributed by atoms with E-state index < -0.39 is 54.0 Å². The molecule has 15 heteroatoms. The first-order valence-corrected chi connectivity index (χ1v) is 23.6. The highest BCUT2D eigenvalue weighted by molar-refractivity contribution is 9.10. The molecule has 4 aliphatic rings. The third kappa shape index (κ3) is 6.40. The van der Waals surface area contributed by atoms with Crippen molar-refractivity contribution < 1.29 is 35.9 Å². The average Bonchev–Trinajstić information content (AvgIpc) is 3.75. The highest BCUT2D eigenvalue weighted by atomic mass is 79.9. The second kappa shape index (κ2) is 15.4. The highest BCUT2D eigenvalue weighted by Gasteiger charge is 2.71. The fourth-order valence-corrected chi connectivity index (χ4v) is 13.9. The zero-order chi connectivity index (χ0) is 40.3. The summed E-state index contributed by atoms with van der Waals surface area (Å²) >= 11 is 7.21. The normalized spacial score (nSPS) is 23.1. The molecule has 0 bridgehead atoms. The zero-order valence-electron chi connectivity index (χ0n) is 31.3. The van der Waals surface area contributed by atoms with Crippen LogP contribution in [0.2, 0.25) is 0 Å². The number of anilines is 2. The molecule has 0 N–H and O–H groups in total. The summed E-state index contributed by atoms with van der Waals surface area (Å²) in [6, 6.07) is 26.8. The van der Waals surface area contributed by atoms with Gasteiger partial charge in [0.25, 0.3) is 5.91 Å². The van der Waals surface area contributed by atoms with Crippen molar-refractivity contribution >= 4 is 74.7 Å². The Morgan fingerprint density at radius 3 is 2.00 bits per heavy atom. The van der Waals surface area contributed by atoms with Crippen LogP contribution in [-0.2, 0) is 44.3 Å². The van der Waals surface area contributed by atoms with Crippen LogP contribution in [0.25, 0.3) is 0 Å². The van der Waals surface area contributed by atoms with Crippen molar-refractivity contribution in [2.75, 3.05) is 48.8 Å². The van der Waals surface area contributed by atoms with E-state index in [-0.39, 0.29) is 35.7 Å². The van der Waals surface area contributed by atoms with Gasteiger partial charge < -0.3 is 14.4 Å². The van der Waals surface area contributed by atoms with E-state index in [1.54, 1.807) is 59.5 Å². The van der Waals surface area contributed by atoms with E-state index in [1.165, 1.54) is 29.2 Å². The Morgan fingerprint density at radius 2 is 1.35 bits per heavy atom. The number of carbonyl (C=O) groups is 2. The standard InChI is InChI=1S/C42H41Br2N3O8S2/c1-3-54-25-45-35-19-17-27(43)22-32(35)37(40(45)48)31-16-11-21-47-38(31)39(57(52,53)30-14-9-6-10-15-30)34(24-56(50,51)29-12-7-5-8-13-29)42(47)33-23-28(44)18-20-36(33)46(41(42)49)26-55-4-2/h5-10,12-15,17-20,22-23,34,37,39H,3-4,11,16,21,24-26H2,1-2H3/t34-,37?,39-,42+/m0/s1. The minimum absolute atomic E-state index is 0.00725. The summed E-state index contributed by atoms with van der Waals surface area (Å²) in [5, 5.41) is -1.55. The Balaban J connectivity index is 1.47. The molecule has 11 nitrogen and oxygen atoms in total. The predicted molar refractivity (Wildman–Crippen MR) is 223 cm³/mol. The molecule has 4 atom stereocenters. The SMILES string of the molecule is CCOCN1C(=O)C(C2=C3[C@@H](S(=O)(=O)c4ccccc4)[C@H](CS(=O)(=O)c4ccccc4)[C@]4(C(=O)N(COCC)c5ccc(Br)cc54)N3CCC2)c2cc(Br)ccc21. The van der Waals surface area contributed by atoms with Gasteiger partial charge in [0, 0.05) is 45.9 Å². The number of rotatable bonds is 12. The molecule has 298 valence electrons. The molecule has 0 aromatic heterocycles. The predicted octanol–water partition coefficient (Wildman–Crippen LogP) is 7.17. The van der Waals surface area contributed by atoms with Crippen molar-refractivity contribution in [1.82, 2.24) is 4.90 Å². The Labute approximate surface area is 349 Å². The summed E-state index contributed by atoms with van der Waals surface area (Å²) in [6.07, 6.45) is 0.811. The molecule has 2 amide bonds. The first kappa shape index (κ1) is 39.9. The van der Waals surface area contributed by atoms with Gasteiger partial charge in [-0.25, -0.2) is 16.8 Å². The summed E-state index contributed by atoms with van der Waals surface area (Å²) < 4.78 is 73.7. The van der Waals surface area contributed by atoms with Gasteiger partial charge in [0.1, 0.15) is 18.7 Å². The Bertz CT molecular complexity index is 2500. The topological polar surface area (TPSA) is 131 Å². The zero-order valence-corrected chi connectivity index (χ0v) is 36.1. The third-order valence-electron chi connectivity index (χ3n) is 11.5. The summed E-state index contributed by atoms with van der Waals surface area (Å²) in [5.41, 5.74) is 1.29. The molecule has 8 rings (SSSR count). The number of sulfone groups is 2. The lowest BCUT2D eigenvalue weighted by Crippen LogP contribution is -2.55. The third-order valence-corrected chi connectivity index (χ3v) is 16.4. The number of hydrogen-bond acceptors (Lipinski definition) is 9. The molecule has 1 fully saturated rings. The van der Waals surface area contributed by atoms with Crippen LogP contribution >= 0.6 is 31.9 Å². The smallest absolute Gasteiger partial charge is 0.259 e. The maximum absolute atomic E-state index is 15.7. The second-order valence-corrected chi connectivity index (χ2v) is 20.4.